The van der Waals surface area contributed by atoms with E-state index in [1.165, 1.54) is 0 Å². The Balaban J connectivity index is 1.78. The molecule has 1 atom stereocenters. The minimum absolute atomic E-state index is 0.227. The molecular weight excluding hydrogens is 262 g/mol. The molecule has 1 aromatic heterocycles. The van der Waals surface area contributed by atoms with E-state index >= 15 is 0 Å². The number of nitrogens with one attached hydrogen (secondary N) is 1. The Labute approximate surface area is 118 Å². The van der Waals surface area contributed by atoms with E-state index in [4.69, 9.17) is 4.52 Å². The van der Waals surface area contributed by atoms with Gasteiger partial charge in [-0.1, -0.05) is 5.16 Å². The van der Waals surface area contributed by atoms with Crippen molar-refractivity contribution in [3.05, 3.63) is 17.0 Å². The SMILES string of the molecule is Cc1noc(C)c1CSCC(=O)N1CCNC(C)C1. The molecule has 1 aliphatic heterocycles. The molecule has 1 aliphatic rings. The van der Waals surface area contributed by atoms with Crippen LogP contribution in [0.2, 0.25) is 0 Å². The lowest BCUT2D eigenvalue weighted by molar-refractivity contribution is -0.129. The number of rotatable bonds is 4. The van der Waals surface area contributed by atoms with E-state index in [0.717, 1.165) is 42.4 Å². The zero-order valence-corrected chi connectivity index (χ0v) is 12.5. The van der Waals surface area contributed by atoms with E-state index < -0.39 is 0 Å². The van der Waals surface area contributed by atoms with Crippen molar-refractivity contribution in [2.24, 2.45) is 0 Å². The summed E-state index contributed by atoms with van der Waals surface area (Å²) in [4.78, 5) is 14.0. The van der Waals surface area contributed by atoms with Gasteiger partial charge in [-0.25, -0.2) is 0 Å². The van der Waals surface area contributed by atoms with E-state index in [-0.39, 0.29) is 5.91 Å². The Morgan fingerprint density at radius 1 is 1.58 bits per heavy atom. The predicted molar refractivity (Wildman–Crippen MR) is 76.2 cm³/mol. The Morgan fingerprint density at radius 3 is 3.00 bits per heavy atom. The molecule has 19 heavy (non-hydrogen) atoms. The van der Waals surface area contributed by atoms with Crippen molar-refractivity contribution in [1.82, 2.24) is 15.4 Å². The van der Waals surface area contributed by atoms with Gasteiger partial charge in [0, 0.05) is 37.0 Å². The van der Waals surface area contributed by atoms with E-state index in [1.54, 1.807) is 11.8 Å². The molecule has 1 amide bonds. The number of amides is 1. The fourth-order valence-corrected chi connectivity index (χ4v) is 3.27. The summed E-state index contributed by atoms with van der Waals surface area (Å²) in [7, 11) is 0. The molecule has 0 spiro atoms. The van der Waals surface area contributed by atoms with Gasteiger partial charge in [0.1, 0.15) is 5.76 Å². The second kappa shape index (κ2) is 6.43. The molecule has 1 saturated heterocycles. The minimum atomic E-state index is 0.227. The molecule has 2 rings (SSSR count). The minimum Gasteiger partial charge on any atom is -0.361 e. The molecule has 0 saturated carbocycles. The lowest BCUT2D eigenvalue weighted by Crippen LogP contribution is -2.51. The van der Waals surface area contributed by atoms with Crippen LogP contribution in [0.4, 0.5) is 0 Å². The van der Waals surface area contributed by atoms with E-state index in [2.05, 4.69) is 17.4 Å². The summed E-state index contributed by atoms with van der Waals surface area (Å²) in [6.07, 6.45) is 0. The molecule has 0 bridgehead atoms. The van der Waals surface area contributed by atoms with Crippen LogP contribution in [0.5, 0.6) is 0 Å². The zero-order chi connectivity index (χ0) is 13.8. The van der Waals surface area contributed by atoms with Gasteiger partial charge in [0.05, 0.1) is 11.4 Å². The Kier molecular flexibility index (Phi) is 4.87. The average Bonchev–Trinajstić information content (AvgIpc) is 2.70. The third-order valence-electron chi connectivity index (χ3n) is 3.37. The second-order valence-corrected chi connectivity index (χ2v) is 5.98. The third kappa shape index (κ3) is 3.73. The first-order valence-electron chi connectivity index (χ1n) is 6.58. The maximum absolute atomic E-state index is 12.1. The third-order valence-corrected chi connectivity index (χ3v) is 4.32. The number of carbonyl (C=O) groups is 1. The first-order valence-corrected chi connectivity index (χ1v) is 7.74. The topological polar surface area (TPSA) is 58.4 Å². The summed E-state index contributed by atoms with van der Waals surface area (Å²) in [5, 5.41) is 7.26. The fraction of sp³-hybridized carbons (Fsp3) is 0.692. The molecule has 0 radical (unpaired) electrons. The van der Waals surface area contributed by atoms with Gasteiger partial charge in [0.2, 0.25) is 5.91 Å². The standard InChI is InChI=1S/C13H21N3O2S/c1-9-6-16(5-4-14-9)13(17)8-19-7-12-10(2)15-18-11(12)3/h9,14H,4-8H2,1-3H3. The smallest absolute Gasteiger partial charge is 0.232 e. The molecule has 0 aliphatic carbocycles. The van der Waals surface area contributed by atoms with Crippen LogP contribution < -0.4 is 5.32 Å². The molecule has 1 N–H and O–H groups in total. The normalized spacial score (nSPS) is 19.7. The summed E-state index contributed by atoms with van der Waals surface area (Å²) in [6, 6.07) is 0.394. The lowest BCUT2D eigenvalue weighted by atomic mass is 10.2. The van der Waals surface area contributed by atoms with Gasteiger partial charge in [-0.15, -0.1) is 11.8 Å². The summed E-state index contributed by atoms with van der Waals surface area (Å²) in [5.41, 5.74) is 2.04. The van der Waals surface area contributed by atoms with Crippen LogP contribution in [0.25, 0.3) is 0 Å². The highest BCUT2D eigenvalue weighted by Crippen LogP contribution is 2.19. The number of piperazine rings is 1. The highest BCUT2D eigenvalue weighted by atomic mass is 32.2. The van der Waals surface area contributed by atoms with Gasteiger partial charge >= 0.3 is 0 Å². The summed E-state index contributed by atoms with van der Waals surface area (Å²) in [6.45, 7) is 8.47. The van der Waals surface area contributed by atoms with E-state index in [0.29, 0.717) is 11.8 Å². The Hall–Kier alpha value is -1.01. The summed E-state index contributed by atoms with van der Waals surface area (Å²) in [5.74, 6) is 2.39. The van der Waals surface area contributed by atoms with Crippen LogP contribution >= 0.6 is 11.8 Å². The summed E-state index contributed by atoms with van der Waals surface area (Å²) >= 11 is 1.63. The summed E-state index contributed by atoms with van der Waals surface area (Å²) < 4.78 is 5.12. The van der Waals surface area contributed by atoms with Crippen molar-refractivity contribution in [3.63, 3.8) is 0 Å². The van der Waals surface area contributed by atoms with Gasteiger partial charge in [-0.3, -0.25) is 4.79 Å². The molecule has 1 unspecified atom stereocenters. The maximum Gasteiger partial charge on any atom is 0.232 e. The van der Waals surface area contributed by atoms with Crippen LogP contribution in [0.3, 0.4) is 0 Å². The first-order chi connectivity index (χ1) is 9.08. The van der Waals surface area contributed by atoms with Gasteiger partial charge in [-0.2, -0.15) is 0 Å². The fourth-order valence-electron chi connectivity index (χ4n) is 2.20. The predicted octanol–water partition coefficient (Wildman–Crippen LogP) is 1.34. The average molecular weight is 283 g/mol. The number of aryl methyl sites for hydroxylation is 2. The van der Waals surface area contributed by atoms with Crippen LogP contribution in [-0.4, -0.2) is 47.4 Å². The van der Waals surface area contributed by atoms with Crippen molar-refractivity contribution in [3.8, 4) is 0 Å². The lowest BCUT2D eigenvalue weighted by Gasteiger charge is -2.31. The monoisotopic (exact) mass is 283 g/mol. The highest BCUT2D eigenvalue weighted by molar-refractivity contribution is 7.99. The van der Waals surface area contributed by atoms with Crippen molar-refractivity contribution in [2.45, 2.75) is 32.6 Å². The van der Waals surface area contributed by atoms with Crippen molar-refractivity contribution in [2.75, 3.05) is 25.4 Å². The molecule has 1 fully saturated rings. The Bertz CT molecular complexity index is 428. The van der Waals surface area contributed by atoms with Crippen LogP contribution in [0, 0.1) is 13.8 Å². The maximum atomic E-state index is 12.1. The molecule has 1 aromatic rings. The number of hydrogen-bond acceptors (Lipinski definition) is 5. The van der Waals surface area contributed by atoms with Gasteiger partial charge in [-0.05, 0) is 20.8 Å². The number of hydrogen-bond donors (Lipinski definition) is 1. The van der Waals surface area contributed by atoms with Crippen LogP contribution in [0.1, 0.15) is 23.9 Å². The molecule has 5 nitrogen and oxygen atoms in total. The zero-order valence-electron chi connectivity index (χ0n) is 11.7. The van der Waals surface area contributed by atoms with Gasteiger partial charge in [0.15, 0.2) is 0 Å². The van der Waals surface area contributed by atoms with E-state index in [1.807, 2.05) is 18.7 Å². The van der Waals surface area contributed by atoms with Crippen molar-refractivity contribution < 1.29 is 9.32 Å². The molecule has 0 aromatic carbocycles. The van der Waals surface area contributed by atoms with E-state index in [9.17, 15) is 4.79 Å². The Morgan fingerprint density at radius 2 is 2.37 bits per heavy atom. The van der Waals surface area contributed by atoms with Gasteiger partial charge in [0.25, 0.3) is 0 Å². The molecule has 2 heterocycles. The van der Waals surface area contributed by atoms with Crippen LogP contribution in [0.15, 0.2) is 4.52 Å². The number of carbonyl (C=O) groups excluding carboxylic acids is 1. The molecular formula is C13H21N3O2S. The molecule has 6 heteroatoms. The largest absolute Gasteiger partial charge is 0.361 e. The number of nitrogens with zero attached hydrogens (tertiary/aromatic N) is 2. The van der Waals surface area contributed by atoms with Crippen molar-refractivity contribution >= 4 is 17.7 Å². The van der Waals surface area contributed by atoms with Crippen LogP contribution in [-0.2, 0) is 10.5 Å². The first kappa shape index (κ1) is 14.4. The molecule has 106 valence electrons. The van der Waals surface area contributed by atoms with Crippen molar-refractivity contribution in [1.29, 1.82) is 0 Å². The number of aromatic nitrogens is 1. The van der Waals surface area contributed by atoms with Gasteiger partial charge < -0.3 is 14.7 Å². The number of thioether (sulfide) groups is 1. The second-order valence-electron chi connectivity index (χ2n) is 4.99. The quantitative estimate of drug-likeness (QED) is 0.904. The highest BCUT2D eigenvalue weighted by Gasteiger charge is 2.20.